The van der Waals surface area contributed by atoms with Gasteiger partial charge < -0.3 is 9.64 Å². The van der Waals surface area contributed by atoms with E-state index in [0.717, 1.165) is 0 Å². The molecule has 2 rings (SSSR count). The van der Waals surface area contributed by atoms with Crippen molar-refractivity contribution in [3.8, 4) is 0 Å². The number of halogens is 1. The minimum absolute atomic E-state index is 0.0505. The third-order valence-electron chi connectivity index (χ3n) is 3.42. The molecule has 0 aromatic heterocycles. The maximum Gasteiger partial charge on any atom is 0.306 e. The van der Waals surface area contributed by atoms with Gasteiger partial charge in [0.05, 0.1) is 19.1 Å². The Morgan fingerprint density at radius 3 is 3.00 bits per heavy atom. The number of amides is 1. The first kappa shape index (κ1) is 14.2. The molecule has 106 valence electrons. The van der Waals surface area contributed by atoms with Crippen LogP contribution in [0.1, 0.15) is 28.3 Å². The zero-order valence-corrected chi connectivity index (χ0v) is 11.3. The molecule has 20 heavy (non-hydrogen) atoms. The lowest BCUT2D eigenvalue weighted by atomic mass is 9.86. The van der Waals surface area contributed by atoms with Crippen LogP contribution in [-0.4, -0.2) is 37.0 Å². The van der Waals surface area contributed by atoms with Crippen molar-refractivity contribution in [2.24, 2.45) is 0 Å². The topological polar surface area (TPSA) is 46.6 Å². The summed E-state index contributed by atoms with van der Waals surface area (Å²) in [6.45, 7) is 4.27. The van der Waals surface area contributed by atoms with Crippen LogP contribution in [0.25, 0.3) is 0 Å². The molecule has 0 spiro atoms. The maximum atomic E-state index is 13.9. The van der Waals surface area contributed by atoms with Crippen LogP contribution in [0.2, 0.25) is 0 Å². The first-order valence-corrected chi connectivity index (χ1v) is 6.33. The Bertz CT molecular complexity index is 556. The molecule has 1 aromatic carbocycles. The number of carbonyl (C=O) groups excluding carboxylic acids is 2. The molecule has 1 unspecified atom stereocenters. The van der Waals surface area contributed by atoms with Crippen LogP contribution in [0.5, 0.6) is 0 Å². The number of rotatable bonds is 4. The van der Waals surface area contributed by atoms with Crippen molar-refractivity contribution in [1.29, 1.82) is 0 Å². The van der Waals surface area contributed by atoms with Crippen molar-refractivity contribution in [2.75, 3.05) is 20.2 Å². The van der Waals surface area contributed by atoms with Crippen LogP contribution in [0, 0.1) is 5.82 Å². The number of hydrogen-bond donors (Lipinski definition) is 0. The van der Waals surface area contributed by atoms with Crippen LogP contribution in [-0.2, 0) is 9.53 Å². The highest BCUT2D eigenvalue weighted by Crippen LogP contribution is 2.32. The van der Waals surface area contributed by atoms with E-state index >= 15 is 0 Å². The van der Waals surface area contributed by atoms with E-state index in [-0.39, 0.29) is 29.8 Å². The molecular formula is C15H16FNO3. The highest BCUT2D eigenvalue weighted by atomic mass is 19.1. The number of fused-ring (bicyclic) bond motifs is 1. The van der Waals surface area contributed by atoms with Gasteiger partial charge in [-0.2, -0.15) is 0 Å². The number of benzene rings is 1. The third-order valence-corrected chi connectivity index (χ3v) is 3.42. The van der Waals surface area contributed by atoms with E-state index in [9.17, 15) is 14.0 Å². The number of hydrogen-bond acceptors (Lipinski definition) is 3. The summed E-state index contributed by atoms with van der Waals surface area (Å²) >= 11 is 0. The van der Waals surface area contributed by atoms with Crippen LogP contribution < -0.4 is 0 Å². The lowest BCUT2D eigenvalue weighted by molar-refractivity contribution is -0.141. The summed E-state index contributed by atoms with van der Waals surface area (Å²) < 4.78 is 18.6. The van der Waals surface area contributed by atoms with Crippen LogP contribution >= 0.6 is 0 Å². The Hall–Kier alpha value is -2.17. The summed E-state index contributed by atoms with van der Waals surface area (Å²) in [6.07, 6.45) is 1.70. The zero-order chi connectivity index (χ0) is 14.7. The number of esters is 1. The van der Waals surface area contributed by atoms with Crippen LogP contribution in [0.15, 0.2) is 30.9 Å². The average molecular weight is 277 g/mol. The minimum atomic E-state index is -0.559. The Balaban J connectivity index is 2.42. The van der Waals surface area contributed by atoms with Gasteiger partial charge in [0.25, 0.3) is 5.91 Å². The Kier molecular flexibility index (Phi) is 4.17. The van der Waals surface area contributed by atoms with Gasteiger partial charge in [0, 0.05) is 19.0 Å². The van der Waals surface area contributed by atoms with Gasteiger partial charge in [0.1, 0.15) is 5.82 Å². The average Bonchev–Trinajstić information content (AvgIpc) is 2.43. The Morgan fingerprint density at radius 2 is 2.35 bits per heavy atom. The lowest BCUT2D eigenvalue weighted by Gasteiger charge is -2.33. The monoisotopic (exact) mass is 277 g/mol. The van der Waals surface area contributed by atoms with Gasteiger partial charge in [-0.15, -0.1) is 6.58 Å². The molecule has 1 atom stereocenters. The molecule has 5 heteroatoms. The number of methoxy groups -OCH3 is 1. The van der Waals surface area contributed by atoms with Gasteiger partial charge >= 0.3 is 5.97 Å². The van der Waals surface area contributed by atoms with Crippen molar-refractivity contribution in [3.05, 3.63) is 47.8 Å². The first-order chi connectivity index (χ1) is 9.58. The molecule has 4 nitrogen and oxygen atoms in total. The summed E-state index contributed by atoms with van der Waals surface area (Å²) in [5.41, 5.74) is 0.621. The fraction of sp³-hybridized carbons (Fsp3) is 0.333. The highest BCUT2D eigenvalue weighted by Gasteiger charge is 2.34. The van der Waals surface area contributed by atoms with Gasteiger partial charge in [-0.3, -0.25) is 9.59 Å². The SMILES string of the molecule is C=CCN1CC(CC(=O)OC)c2cccc(F)c2C1=O. The summed E-state index contributed by atoms with van der Waals surface area (Å²) in [5.74, 6) is -1.56. The highest BCUT2D eigenvalue weighted by molar-refractivity contribution is 5.97. The maximum absolute atomic E-state index is 13.9. The molecule has 0 N–H and O–H groups in total. The third kappa shape index (κ3) is 2.57. The number of ether oxygens (including phenoxy) is 1. The lowest BCUT2D eigenvalue weighted by Crippen LogP contribution is -2.41. The Morgan fingerprint density at radius 1 is 1.60 bits per heavy atom. The molecule has 1 aliphatic rings. The van der Waals surface area contributed by atoms with Crippen molar-refractivity contribution in [3.63, 3.8) is 0 Å². The van der Waals surface area contributed by atoms with Gasteiger partial charge in [-0.05, 0) is 11.6 Å². The fourth-order valence-corrected chi connectivity index (χ4v) is 2.48. The predicted octanol–water partition coefficient (Wildman–Crippen LogP) is 2.11. The van der Waals surface area contributed by atoms with Crippen molar-refractivity contribution in [2.45, 2.75) is 12.3 Å². The summed E-state index contributed by atoms with van der Waals surface area (Å²) in [5, 5.41) is 0. The van der Waals surface area contributed by atoms with E-state index in [1.165, 1.54) is 18.1 Å². The summed E-state index contributed by atoms with van der Waals surface area (Å²) in [4.78, 5) is 25.2. The fourth-order valence-electron chi connectivity index (χ4n) is 2.48. The molecule has 0 saturated heterocycles. The standard InChI is InChI=1S/C15H16FNO3/c1-3-7-17-9-10(8-13(18)20-2)11-5-4-6-12(16)14(11)15(17)19/h3-6,10H,1,7-9H2,2H3. The second-order valence-corrected chi connectivity index (χ2v) is 4.68. The van der Waals surface area contributed by atoms with Crippen molar-refractivity contribution >= 4 is 11.9 Å². The largest absolute Gasteiger partial charge is 0.469 e. The van der Waals surface area contributed by atoms with Gasteiger partial charge in [-0.1, -0.05) is 18.2 Å². The molecular weight excluding hydrogens is 261 g/mol. The number of carbonyl (C=O) groups is 2. The van der Waals surface area contributed by atoms with Gasteiger partial charge in [0.15, 0.2) is 0 Å². The van der Waals surface area contributed by atoms with Gasteiger partial charge in [0.2, 0.25) is 0 Å². The molecule has 1 amide bonds. The molecule has 0 fully saturated rings. The summed E-state index contributed by atoms with van der Waals surface area (Å²) in [7, 11) is 1.31. The zero-order valence-electron chi connectivity index (χ0n) is 11.3. The van der Waals surface area contributed by atoms with Crippen molar-refractivity contribution in [1.82, 2.24) is 4.90 Å². The molecule has 1 heterocycles. The van der Waals surface area contributed by atoms with E-state index in [0.29, 0.717) is 18.7 Å². The Labute approximate surface area is 116 Å². The smallest absolute Gasteiger partial charge is 0.306 e. The van der Waals surface area contributed by atoms with Gasteiger partial charge in [-0.25, -0.2) is 4.39 Å². The second-order valence-electron chi connectivity index (χ2n) is 4.68. The van der Waals surface area contributed by atoms with E-state index in [4.69, 9.17) is 0 Å². The predicted molar refractivity (Wildman–Crippen MR) is 71.9 cm³/mol. The summed E-state index contributed by atoms with van der Waals surface area (Å²) in [6, 6.07) is 4.49. The second kappa shape index (κ2) is 5.86. The van der Waals surface area contributed by atoms with Crippen LogP contribution in [0.4, 0.5) is 4.39 Å². The van der Waals surface area contributed by atoms with E-state index < -0.39 is 5.82 Å². The normalized spacial score (nSPS) is 17.6. The number of nitrogens with zero attached hydrogens (tertiary/aromatic N) is 1. The molecule has 0 radical (unpaired) electrons. The molecule has 1 aliphatic heterocycles. The minimum Gasteiger partial charge on any atom is -0.469 e. The van der Waals surface area contributed by atoms with Crippen molar-refractivity contribution < 1.29 is 18.7 Å². The van der Waals surface area contributed by atoms with Crippen LogP contribution in [0.3, 0.4) is 0 Å². The van der Waals surface area contributed by atoms with E-state index in [1.807, 2.05) is 0 Å². The molecule has 0 bridgehead atoms. The van der Waals surface area contributed by atoms with E-state index in [1.54, 1.807) is 18.2 Å². The molecule has 1 aromatic rings. The first-order valence-electron chi connectivity index (χ1n) is 6.33. The molecule has 0 aliphatic carbocycles. The van der Waals surface area contributed by atoms with E-state index in [2.05, 4.69) is 11.3 Å². The quantitative estimate of drug-likeness (QED) is 0.625. The molecule has 0 saturated carbocycles.